The third kappa shape index (κ3) is 1.70. The highest BCUT2D eigenvalue weighted by atomic mass is 19.2. The molecule has 0 radical (unpaired) electrons. The van der Waals surface area contributed by atoms with Crippen LogP contribution in [0.2, 0.25) is 0 Å². The molecule has 0 saturated carbocycles. The molecule has 0 bridgehead atoms. The predicted octanol–water partition coefficient (Wildman–Crippen LogP) is 3.63. The van der Waals surface area contributed by atoms with Gasteiger partial charge in [-0.05, 0) is 6.07 Å². The van der Waals surface area contributed by atoms with Crippen molar-refractivity contribution in [3.8, 4) is 11.1 Å². The quantitative estimate of drug-likeness (QED) is 0.472. The van der Waals surface area contributed by atoms with Crippen LogP contribution < -0.4 is 5.73 Å². The van der Waals surface area contributed by atoms with Gasteiger partial charge in [0.05, 0.1) is 5.56 Å². The largest absolute Gasteiger partial charge is 0.394 e. The van der Waals surface area contributed by atoms with E-state index in [1.54, 1.807) is 0 Å². The third-order valence-electron chi connectivity index (χ3n) is 2.44. The van der Waals surface area contributed by atoms with Crippen molar-refractivity contribution < 1.29 is 22.0 Å². The standard InChI is InChI=1S/C12H6F5N/c13-6-4-2-1-3-5(6)7-8(14)10(16)12(18)11(17)9(7)15/h1-4H,18H2. The Morgan fingerprint density at radius 1 is 0.722 bits per heavy atom. The second-order valence-corrected chi connectivity index (χ2v) is 3.52. The molecule has 0 heterocycles. The van der Waals surface area contributed by atoms with Crippen molar-refractivity contribution in [2.45, 2.75) is 0 Å². The lowest BCUT2D eigenvalue weighted by Gasteiger charge is -2.10. The van der Waals surface area contributed by atoms with Crippen molar-refractivity contribution in [1.29, 1.82) is 0 Å². The Morgan fingerprint density at radius 2 is 1.22 bits per heavy atom. The fraction of sp³-hybridized carbons (Fsp3) is 0. The van der Waals surface area contributed by atoms with Crippen LogP contribution in [0, 0.1) is 29.1 Å². The van der Waals surface area contributed by atoms with Gasteiger partial charge in [-0.25, -0.2) is 22.0 Å². The highest BCUT2D eigenvalue weighted by molar-refractivity contribution is 5.68. The van der Waals surface area contributed by atoms with E-state index >= 15 is 0 Å². The van der Waals surface area contributed by atoms with Crippen LogP contribution in [0.25, 0.3) is 11.1 Å². The maximum Gasteiger partial charge on any atom is 0.185 e. The Balaban J connectivity index is 2.85. The number of anilines is 1. The van der Waals surface area contributed by atoms with Crippen LogP contribution in [-0.2, 0) is 0 Å². The second-order valence-electron chi connectivity index (χ2n) is 3.52. The van der Waals surface area contributed by atoms with Crippen molar-refractivity contribution in [3.63, 3.8) is 0 Å². The number of nitrogens with two attached hydrogens (primary N) is 1. The molecule has 0 amide bonds. The van der Waals surface area contributed by atoms with Gasteiger partial charge in [0.1, 0.15) is 11.5 Å². The van der Waals surface area contributed by atoms with E-state index in [1.165, 1.54) is 12.1 Å². The molecule has 0 aromatic heterocycles. The van der Waals surface area contributed by atoms with E-state index in [0.29, 0.717) is 0 Å². The summed E-state index contributed by atoms with van der Waals surface area (Å²) >= 11 is 0. The normalized spacial score (nSPS) is 10.7. The zero-order valence-corrected chi connectivity index (χ0v) is 8.78. The lowest BCUT2D eigenvalue weighted by molar-refractivity contribution is 0.463. The molecule has 0 aliphatic carbocycles. The summed E-state index contributed by atoms with van der Waals surface area (Å²) in [7, 11) is 0. The molecule has 0 spiro atoms. The summed E-state index contributed by atoms with van der Waals surface area (Å²) in [6.07, 6.45) is 0. The van der Waals surface area contributed by atoms with Gasteiger partial charge in [0.15, 0.2) is 23.3 Å². The van der Waals surface area contributed by atoms with E-state index in [-0.39, 0.29) is 0 Å². The Hall–Kier alpha value is -2.11. The number of hydrogen-bond donors (Lipinski definition) is 1. The monoisotopic (exact) mass is 259 g/mol. The molecule has 2 rings (SSSR count). The van der Waals surface area contributed by atoms with Crippen LogP contribution in [0.5, 0.6) is 0 Å². The van der Waals surface area contributed by atoms with Gasteiger partial charge in [0, 0.05) is 5.56 Å². The van der Waals surface area contributed by atoms with E-state index in [9.17, 15) is 22.0 Å². The topological polar surface area (TPSA) is 26.0 Å². The van der Waals surface area contributed by atoms with E-state index in [2.05, 4.69) is 0 Å². The summed E-state index contributed by atoms with van der Waals surface area (Å²) < 4.78 is 66.9. The number of benzene rings is 2. The average Bonchev–Trinajstić information content (AvgIpc) is 2.36. The summed E-state index contributed by atoms with van der Waals surface area (Å²) in [6, 6.07) is 4.48. The van der Waals surface area contributed by atoms with E-state index in [0.717, 1.165) is 12.1 Å². The number of nitrogen functional groups attached to an aromatic ring is 1. The molecule has 0 saturated heterocycles. The van der Waals surface area contributed by atoms with Gasteiger partial charge < -0.3 is 5.73 Å². The number of hydrogen-bond acceptors (Lipinski definition) is 1. The van der Waals surface area contributed by atoms with Gasteiger partial charge >= 0.3 is 0 Å². The molecule has 0 aliphatic heterocycles. The van der Waals surface area contributed by atoms with E-state index < -0.39 is 45.9 Å². The van der Waals surface area contributed by atoms with Crippen molar-refractivity contribution in [3.05, 3.63) is 53.4 Å². The second kappa shape index (κ2) is 4.29. The lowest BCUT2D eigenvalue weighted by atomic mass is 10.0. The molecule has 0 atom stereocenters. The van der Waals surface area contributed by atoms with Gasteiger partial charge in [0.2, 0.25) is 0 Å². The average molecular weight is 259 g/mol. The van der Waals surface area contributed by atoms with Crippen molar-refractivity contribution in [1.82, 2.24) is 0 Å². The van der Waals surface area contributed by atoms with Crippen molar-refractivity contribution in [2.75, 3.05) is 5.73 Å². The fourth-order valence-corrected chi connectivity index (χ4v) is 1.55. The van der Waals surface area contributed by atoms with Crippen LogP contribution in [0.3, 0.4) is 0 Å². The van der Waals surface area contributed by atoms with E-state index in [4.69, 9.17) is 5.73 Å². The van der Waals surface area contributed by atoms with Crippen molar-refractivity contribution in [2.24, 2.45) is 0 Å². The molecular weight excluding hydrogens is 253 g/mol. The molecule has 2 N–H and O–H groups in total. The third-order valence-corrected chi connectivity index (χ3v) is 2.44. The minimum absolute atomic E-state index is 0.578. The Labute approximate surface area is 98.7 Å². The first-order valence-electron chi connectivity index (χ1n) is 4.81. The van der Waals surface area contributed by atoms with Crippen LogP contribution >= 0.6 is 0 Å². The SMILES string of the molecule is Nc1c(F)c(F)c(-c2ccccc2F)c(F)c1F. The molecular formula is C12H6F5N. The number of halogens is 5. The van der Waals surface area contributed by atoms with Crippen LogP contribution in [0.1, 0.15) is 0 Å². The van der Waals surface area contributed by atoms with Gasteiger partial charge in [-0.15, -0.1) is 0 Å². The maximum atomic E-state index is 13.5. The smallest absolute Gasteiger partial charge is 0.185 e. The summed E-state index contributed by atoms with van der Waals surface area (Å²) in [6.45, 7) is 0. The fourth-order valence-electron chi connectivity index (χ4n) is 1.55. The molecule has 18 heavy (non-hydrogen) atoms. The Kier molecular flexibility index (Phi) is 2.94. The first kappa shape index (κ1) is 12.3. The Morgan fingerprint density at radius 3 is 1.72 bits per heavy atom. The molecule has 0 aliphatic rings. The van der Waals surface area contributed by atoms with Gasteiger partial charge in [-0.3, -0.25) is 0 Å². The maximum absolute atomic E-state index is 13.5. The first-order valence-corrected chi connectivity index (χ1v) is 4.81. The molecule has 0 unspecified atom stereocenters. The summed E-state index contributed by atoms with van der Waals surface area (Å²) in [5, 5.41) is 0. The van der Waals surface area contributed by atoms with Gasteiger partial charge in [-0.2, -0.15) is 0 Å². The highest BCUT2D eigenvalue weighted by Crippen LogP contribution is 2.34. The molecule has 1 nitrogen and oxygen atoms in total. The zero-order chi connectivity index (χ0) is 13.4. The van der Waals surface area contributed by atoms with Gasteiger partial charge in [-0.1, -0.05) is 18.2 Å². The van der Waals surface area contributed by atoms with Crippen LogP contribution in [0.4, 0.5) is 27.6 Å². The van der Waals surface area contributed by atoms with Crippen LogP contribution in [0.15, 0.2) is 24.3 Å². The summed E-state index contributed by atoms with van der Waals surface area (Å²) in [5.41, 5.74) is 1.88. The van der Waals surface area contributed by atoms with Crippen molar-refractivity contribution >= 4 is 5.69 Å². The highest BCUT2D eigenvalue weighted by Gasteiger charge is 2.26. The molecule has 2 aromatic carbocycles. The molecule has 6 heteroatoms. The summed E-state index contributed by atoms with van der Waals surface area (Å²) in [4.78, 5) is 0. The predicted molar refractivity (Wildman–Crippen MR) is 56.1 cm³/mol. The number of rotatable bonds is 1. The van der Waals surface area contributed by atoms with E-state index in [1.807, 2.05) is 0 Å². The minimum Gasteiger partial charge on any atom is -0.394 e. The molecule has 0 fully saturated rings. The summed E-state index contributed by atoms with van der Waals surface area (Å²) in [5.74, 6) is -7.94. The zero-order valence-electron chi connectivity index (χ0n) is 8.78. The molecule has 94 valence electrons. The minimum atomic E-state index is -1.74. The molecule has 2 aromatic rings. The Bertz CT molecular complexity index is 595. The lowest BCUT2D eigenvalue weighted by Crippen LogP contribution is -2.06. The van der Waals surface area contributed by atoms with Crippen LogP contribution in [-0.4, -0.2) is 0 Å². The van der Waals surface area contributed by atoms with Gasteiger partial charge in [0.25, 0.3) is 0 Å². The first-order chi connectivity index (χ1) is 8.45.